The molecule has 4 heteroatoms. The molecule has 0 unspecified atom stereocenters. The number of hydrogen-bond acceptors (Lipinski definition) is 2. The number of rotatable bonds is 2. The zero-order chi connectivity index (χ0) is 16.7. The van der Waals surface area contributed by atoms with E-state index in [-0.39, 0.29) is 11.7 Å². The van der Waals surface area contributed by atoms with Crippen molar-refractivity contribution in [3.05, 3.63) is 82.1 Å². The fourth-order valence-corrected chi connectivity index (χ4v) is 3.45. The van der Waals surface area contributed by atoms with E-state index in [4.69, 9.17) is 11.6 Å². The lowest BCUT2D eigenvalue weighted by Crippen LogP contribution is -2.20. The first kappa shape index (κ1) is 15.2. The van der Waals surface area contributed by atoms with Gasteiger partial charge >= 0.3 is 0 Å². The van der Waals surface area contributed by atoms with Gasteiger partial charge in [0.05, 0.1) is 23.1 Å². The molecule has 2 aromatic carbocycles. The normalized spacial score (nSPS) is 16.9. The minimum absolute atomic E-state index is 0.162. The minimum Gasteiger partial charge on any atom is -0.294 e. The molecule has 0 saturated carbocycles. The molecule has 1 heterocycles. The van der Waals surface area contributed by atoms with Gasteiger partial charge in [0, 0.05) is 11.4 Å². The molecule has 1 aliphatic carbocycles. The van der Waals surface area contributed by atoms with Gasteiger partial charge in [-0.1, -0.05) is 41.4 Å². The number of aryl methyl sites for hydroxylation is 1. The van der Waals surface area contributed by atoms with Crippen LogP contribution in [0.15, 0.2) is 54.7 Å². The number of nitrogens with zero attached hydrogens (tertiary/aromatic N) is 2. The van der Waals surface area contributed by atoms with Crippen molar-refractivity contribution in [2.75, 3.05) is 0 Å². The second-order valence-corrected chi connectivity index (χ2v) is 6.77. The summed E-state index contributed by atoms with van der Waals surface area (Å²) >= 11 is 5.98. The largest absolute Gasteiger partial charge is 0.294 e. The van der Waals surface area contributed by atoms with Crippen molar-refractivity contribution >= 4 is 17.4 Å². The number of aromatic nitrogens is 2. The number of hydrogen-bond donors (Lipinski definition) is 0. The first-order chi connectivity index (χ1) is 11.6. The molecule has 1 aliphatic rings. The Kier molecular flexibility index (Phi) is 3.73. The predicted molar refractivity (Wildman–Crippen MR) is 95.1 cm³/mol. The molecule has 0 aliphatic heterocycles. The average molecular weight is 337 g/mol. The zero-order valence-electron chi connectivity index (χ0n) is 13.4. The highest BCUT2D eigenvalue weighted by atomic mass is 35.5. The van der Waals surface area contributed by atoms with Gasteiger partial charge in [-0.25, -0.2) is 4.68 Å². The smallest absolute Gasteiger partial charge is 0.166 e. The number of ketones is 1. The fourth-order valence-electron chi connectivity index (χ4n) is 3.32. The lowest BCUT2D eigenvalue weighted by atomic mass is 9.82. The number of fused-ring (bicyclic) bond motifs is 1. The molecule has 4 rings (SSSR count). The van der Waals surface area contributed by atoms with Crippen LogP contribution in [0.2, 0.25) is 5.02 Å². The highest BCUT2D eigenvalue weighted by Gasteiger charge is 2.30. The van der Waals surface area contributed by atoms with Crippen molar-refractivity contribution < 1.29 is 4.79 Å². The molecule has 0 radical (unpaired) electrons. The van der Waals surface area contributed by atoms with E-state index in [9.17, 15) is 4.79 Å². The van der Waals surface area contributed by atoms with Crippen LogP contribution >= 0.6 is 11.6 Å². The third-order valence-electron chi connectivity index (χ3n) is 4.66. The Morgan fingerprint density at radius 3 is 2.46 bits per heavy atom. The molecule has 120 valence electrons. The molecule has 0 amide bonds. The lowest BCUT2D eigenvalue weighted by molar-refractivity contribution is 0.0964. The number of Topliss-reactive ketones (excluding diaryl/α,β-unsaturated/α-hetero) is 1. The van der Waals surface area contributed by atoms with Crippen LogP contribution in [0.5, 0.6) is 0 Å². The molecule has 3 nitrogen and oxygen atoms in total. The summed E-state index contributed by atoms with van der Waals surface area (Å²) in [4.78, 5) is 12.6. The maximum Gasteiger partial charge on any atom is 0.166 e. The molecule has 1 atom stereocenters. The van der Waals surface area contributed by atoms with Gasteiger partial charge in [0.1, 0.15) is 0 Å². The molecular formula is C20H17ClN2O. The van der Waals surface area contributed by atoms with E-state index in [1.54, 1.807) is 6.20 Å². The summed E-state index contributed by atoms with van der Waals surface area (Å²) in [6.45, 7) is 2.06. The van der Waals surface area contributed by atoms with Gasteiger partial charge in [0.15, 0.2) is 5.78 Å². The van der Waals surface area contributed by atoms with Crippen molar-refractivity contribution in [2.24, 2.45) is 0 Å². The van der Waals surface area contributed by atoms with E-state index >= 15 is 0 Å². The van der Waals surface area contributed by atoms with Gasteiger partial charge in [-0.15, -0.1) is 0 Å². The van der Waals surface area contributed by atoms with E-state index in [1.165, 1.54) is 5.56 Å². The first-order valence-corrected chi connectivity index (χ1v) is 8.42. The quantitative estimate of drug-likeness (QED) is 0.677. The van der Waals surface area contributed by atoms with Crippen molar-refractivity contribution in [1.82, 2.24) is 9.78 Å². The Bertz CT molecular complexity index is 894. The van der Waals surface area contributed by atoms with Crippen LogP contribution in [0.25, 0.3) is 5.69 Å². The van der Waals surface area contributed by atoms with Crippen LogP contribution in [-0.4, -0.2) is 15.6 Å². The summed E-state index contributed by atoms with van der Waals surface area (Å²) in [5.74, 6) is 0.331. The standard InChI is InChI=1S/C20H17ClN2O/c1-13-2-8-17(9-3-13)23-19-10-15(11-20(24)18(19)12-22-23)14-4-6-16(21)7-5-14/h2-9,12,15H,10-11H2,1H3/t15-/m0/s1. The van der Waals surface area contributed by atoms with Gasteiger partial charge in [-0.2, -0.15) is 5.10 Å². The summed E-state index contributed by atoms with van der Waals surface area (Å²) < 4.78 is 1.90. The Balaban J connectivity index is 1.73. The van der Waals surface area contributed by atoms with Crippen LogP contribution in [0.3, 0.4) is 0 Å². The SMILES string of the molecule is Cc1ccc(-n2ncc3c2C[C@H](c2ccc(Cl)cc2)CC3=O)cc1. The Hall–Kier alpha value is -2.39. The van der Waals surface area contributed by atoms with Crippen molar-refractivity contribution in [3.63, 3.8) is 0 Å². The number of halogens is 1. The van der Waals surface area contributed by atoms with Crippen LogP contribution in [0, 0.1) is 6.92 Å². The summed E-state index contributed by atoms with van der Waals surface area (Å²) in [6, 6.07) is 16.0. The summed E-state index contributed by atoms with van der Waals surface area (Å²) in [6.07, 6.45) is 3.03. The highest BCUT2D eigenvalue weighted by Crippen LogP contribution is 2.34. The number of carbonyl (C=O) groups excluding carboxylic acids is 1. The van der Waals surface area contributed by atoms with Gasteiger partial charge in [0.25, 0.3) is 0 Å². The Morgan fingerprint density at radius 1 is 1.04 bits per heavy atom. The third kappa shape index (κ3) is 2.65. The summed E-state index contributed by atoms with van der Waals surface area (Å²) in [5.41, 5.74) is 5.09. The van der Waals surface area contributed by atoms with Crippen LogP contribution in [0.1, 0.15) is 39.5 Å². The Labute approximate surface area is 145 Å². The fraction of sp³-hybridized carbons (Fsp3) is 0.200. The second-order valence-electron chi connectivity index (χ2n) is 6.33. The highest BCUT2D eigenvalue weighted by molar-refractivity contribution is 6.30. The lowest BCUT2D eigenvalue weighted by Gasteiger charge is -2.23. The van der Waals surface area contributed by atoms with Crippen LogP contribution in [-0.2, 0) is 6.42 Å². The van der Waals surface area contributed by atoms with Gasteiger partial charge in [-0.3, -0.25) is 4.79 Å². The molecule has 24 heavy (non-hydrogen) atoms. The molecule has 0 spiro atoms. The Morgan fingerprint density at radius 2 is 1.75 bits per heavy atom. The molecule has 1 aromatic heterocycles. The topological polar surface area (TPSA) is 34.9 Å². The molecule has 0 bridgehead atoms. The van der Waals surface area contributed by atoms with E-state index in [1.807, 2.05) is 41.1 Å². The van der Waals surface area contributed by atoms with E-state index in [0.717, 1.165) is 28.9 Å². The number of benzene rings is 2. The van der Waals surface area contributed by atoms with E-state index in [0.29, 0.717) is 11.4 Å². The molecular weight excluding hydrogens is 320 g/mol. The summed E-state index contributed by atoms with van der Waals surface area (Å²) in [5, 5.41) is 5.18. The van der Waals surface area contributed by atoms with E-state index < -0.39 is 0 Å². The molecule has 0 fully saturated rings. The first-order valence-electron chi connectivity index (χ1n) is 8.04. The monoisotopic (exact) mass is 336 g/mol. The predicted octanol–water partition coefficient (Wildman–Crippen LogP) is 4.75. The van der Waals surface area contributed by atoms with Crippen LogP contribution < -0.4 is 0 Å². The van der Waals surface area contributed by atoms with Crippen molar-refractivity contribution in [1.29, 1.82) is 0 Å². The maximum absolute atomic E-state index is 12.6. The third-order valence-corrected chi connectivity index (χ3v) is 4.91. The number of carbonyl (C=O) groups is 1. The maximum atomic E-state index is 12.6. The van der Waals surface area contributed by atoms with Gasteiger partial charge in [0.2, 0.25) is 0 Å². The van der Waals surface area contributed by atoms with Gasteiger partial charge in [-0.05, 0) is 49.1 Å². The molecule has 0 saturated heterocycles. The zero-order valence-corrected chi connectivity index (χ0v) is 14.1. The second kappa shape index (κ2) is 5.91. The molecule has 0 N–H and O–H groups in total. The van der Waals surface area contributed by atoms with Crippen molar-refractivity contribution in [3.8, 4) is 5.69 Å². The summed E-state index contributed by atoms with van der Waals surface area (Å²) in [7, 11) is 0. The molecule has 3 aromatic rings. The van der Waals surface area contributed by atoms with Crippen molar-refractivity contribution in [2.45, 2.75) is 25.7 Å². The van der Waals surface area contributed by atoms with Crippen LogP contribution in [0.4, 0.5) is 0 Å². The minimum atomic E-state index is 0.162. The van der Waals surface area contributed by atoms with E-state index in [2.05, 4.69) is 24.2 Å². The van der Waals surface area contributed by atoms with Gasteiger partial charge < -0.3 is 0 Å². The average Bonchev–Trinajstić information content (AvgIpc) is 3.01.